The van der Waals surface area contributed by atoms with Crippen molar-refractivity contribution in [3.8, 4) is 11.5 Å². The van der Waals surface area contributed by atoms with Crippen molar-refractivity contribution < 1.29 is 22.7 Å². The molecule has 0 heterocycles. The molecule has 0 unspecified atom stereocenters. The molecule has 2 aromatic rings. The topological polar surface area (TPSA) is 93.7 Å². The van der Waals surface area contributed by atoms with Crippen LogP contribution in [-0.2, 0) is 14.8 Å². The van der Waals surface area contributed by atoms with Crippen LogP contribution in [0.4, 0.5) is 5.69 Å². The highest BCUT2D eigenvalue weighted by molar-refractivity contribution is 7.89. The van der Waals surface area contributed by atoms with Gasteiger partial charge in [-0.1, -0.05) is 12.1 Å². The highest BCUT2D eigenvalue weighted by atomic mass is 32.2. The number of amides is 1. The van der Waals surface area contributed by atoms with Crippen molar-refractivity contribution in [1.82, 2.24) is 4.72 Å². The van der Waals surface area contributed by atoms with E-state index in [1.807, 2.05) is 0 Å². The monoisotopic (exact) mass is 418 g/mol. The van der Waals surface area contributed by atoms with Crippen LogP contribution in [0.2, 0.25) is 0 Å². The normalized spacial score (nSPS) is 12.0. The summed E-state index contributed by atoms with van der Waals surface area (Å²) in [7, 11) is -0.608. The van der Waals surface area contributed by atoms with Crippen molar-refractivity contribution in [2.24, 2.45) is 0 Å². The lowest BCUT2D eigenvalue weighted by Gasteiger charge is -2.20. The summed E-state index contributed by atoms with van der Waals surface area (Å²) in [4.78, 5) is 12.3. The average Bonchev–Trinajstić information content (AvgIpc) is 2.64. The quantitative estimate of drug-likeness (QED) is 0.672. The Bertz CT molecular complexity index is 1010. The number of anilines is 1. The van der Waals surface area contributed by atoms with E-state index in [1.54, 1.807) is 64.3 Å². The van der Waals surface area contributed by atoms with E-state index in [-0.39, 0.29) is 4.90 Å². The summed E-state index contributed by atoms with van der Waals surface area (Å²) in [6.45, 7) is 5.28. The fourth-order valence-electron chi connectivity index (χ4n) is 2.52. The van der Waals surface area contributed by atoms with E-state index < -0.39 is 21.5 Å². The fraction of sp³-hybridized carbons (Fsp3) is 0.286. The predicted octanol–water partition coefficient (Wildman–Crippen LogP) is 3.43. The maximum Gasteiger partial charge on any atom is 0.248 e. The molecular formula is C21H26N2O5S. The van der Waals surface area contributed by atoms with E-state index >= 15 is 0 Å². The van der Waals surface area contributed by atoms with Gasteiger partial charge in [0.15, 0.2) is 11.5 Å². The molecule has 29 heavy (non-hydrogen) atoms. The maximum atomic E-state index is 12.4. The summed E-state index contributed by atoms with van der Waals surface area (Å²) in [5.74, 6) is 0.758. The molecule has 0 fully saturated rings. The Morgan fingerprint density at radius 3 is 2.31 bits per heavy atom. The van der Waals surface area contributed by atoms with Gasteiger partial charge in [0, 0.05) is 17.3 Å². The van der Waals surface area contributed by atoms with Gasteiger partial charge in [-0.2, -0.15) is 0 Å². The summed E-state index contributed by atoms with van der Waals surface area (Å²) in [5.41, 5.74) is 0.521. The Hall–Kier alpha value is -2.84. The molecule has 0 aliphatic heterocycles. The second-order valence-electron chi connectivity index (χ2n) is 7.32. The van der Waals surface area contributed by atoms with Crippen LogP contribution in [0.1, 0.15) is 26.3 Å². The van der Waals surface area contributed by atoms with Crippen LogP contribution >= 0.6 is 0 Å². The van der Waals surface area contributed by atoms with Crippen LogP contribution in [0.3, 0.4) is 0 Å². The molecule has 0 radical (unpaired) electrons. The van der Waals surface area contributed by atoms with Gasteiger partial charge in [-0.05, 0) is 62.7 Å². The molecule has 1 amide bonds. The largest absolute Gasteiger partial charge is 0.493 e. The van der Waals surface area contributed by atoms with Gasteiger partial charge in [-0.25, -0.2) is 13.1 Å². The lowest BCUT2D eigenvalue weighted by molar-refractivity contribution is -0.111. The van der Waals surface area contributed by atoms with Crippen molar-refractivity contribution in [3.63, 3.8) is 0 Å². The number of rotatable bonds is 7. The number of sulfonamides is 1. The standard InChI is InChI=1S/C21H26N2O5S/c1-21(2,3)23-29(25,26)17-8-6-7-16(14-17)22-20(24)12-10-15-9-11-18(27-4)19(13-15)28-5/h6-14,23H,1-5H3,(H,22,24)/b12-10+. The molecule has 7 nitrogen and oxygen atoms in total. The van der Waals surface area contributed by atoms with E-state index in [0.29, 0.717) is 17.2 Å². The van der Waals surface area contributed by atoms with Gasteiger partial charge >= 0.3 is 0 Å². The van der Waals surface area contributed by atoms with E-state index in [4.69, 9.17) is 9.47 Å². The molecular weight excluding hydrogens is 392 g/mol. The molecule has 0 bridgehead atoms. The van der Waals surface area contributed by atoms with Crippen molar-refractivity contribution >= 4 is 27.7 Å². The predicted molar refractivity (Wildman–Crippen MR) is 114 cm³/mol. The van der Waals surface area contributed by atoms with Gasteiger partial charge in [0.25, 0.3) is 0 Å². The Morgan fingerprint density at radius 1 is 1.00 bits per heavy atom. The van der Waals surface area contributed by atoms with Gasteiger partial charge in [0.1, 0.15) is 0 Å². The van der Waals surface area contributed by atoms with Crippen LogP contribution in [0.15, 0.2) is 53.4 Å². The second-order valence-corrected chi connectivity index (χ2v) is 9.00. The zero-order chi connectivity index (χ0) is 21.7. The number of ether oxygens (including phenoxy) is 2. The van der Waals surface area contributed by atoms with Crippen LogP contribution < -0.4 is 19.5 Å². The first kappa shape index (κ1) is 22.4. The van der Waals surface area contributed by atoms with Crippen molar-refractivity contribution in [2.45, 2.75) is 31.2 Å². The van der Waals surface area contributed by atoms with E-state index in [1.165, 1.54) is 25.3 Å². The van der Waals surface area contributed by atoms with Gasteiger partial charge in [0.05, 0.1) is 19.1 Å². The molecule has 0 aromatic heterocycles. The minimum absolute atomic E-state index is 0.0779. The zero-order valence-corrected chi connectivity index (χ0v) is 18.0. The second kappa shape index (κ2) is 9.11. The highest BCUT2D eigenvalue weighted by Gasteiger charge is 2.22. The molecule has 0 spiro atoms. The van der Waals surface area contributed by atoms with E-state index in [9.17, 15) is 13.2 Å². The zero-order valence-electron chi connectivity index (χ0n) is 17.1. The minimum atomic E-state index is -3.69. The van der Waals surface area contributed by atoms with Gasteiger partial charge in [0.2, 0.25) is 15.9 Å². The van der Waals surface area contributed by atoms with Crippen LogP contribution in [-0.4, -0.2) is 34.1 Å². The Labute approximate surface area is 171 Å². The Kier molecular flexibility index (Phi) is 7.05. The number of benzene rings is 2. The first-order valence-corrected chi connectivity index (χ1v) is 10.4. The van der Waals surface area contributed by atoms with Crippen LogP contribution in [0.25, 0.3) is 6.08 Å². The molecule has 156 valence electrons. The molecule has 0 saturated carbocycles. The van der Waals surface area contributed by atoms with Gasteiger partial charge in [-0.3, -0.25) is 4.79 Å². The van der Waals surface area contributed by atoms with E-state index in [2.05, 4.69) is 10.0 Å². The summed E-state index contributed by atoms with van der Waals surface area (Å²) >= 11 is 0. The van der Waals surface area contributed by atoms with Crippen molar-refractivity contribution in [3.05, 3.63) is 54.1 Å². The third-order valence-electron chi connectivity index (χ3n) is 3.69. The van der Waals surface area contributed by atoms with Crippen molar-refractivity contribution in [1.29, 1.82) is 0 Å². The maximum absolute atomic E-state index is 12.4. The lowest BCUT2D eigenvalue weighted by atomic mass is 10.1. The summed E-state index contributed by atoms with van der Waals surface area (Å²) in [6, 6.07) is 11.4. The average molecular weight is 419 g/mol. The Balaban J connectivity index is 2.13. The molecule has 2 rings (SSSR count). The van der Waals surface area contributed by atoms with Crippen LogP contribution in [0.5, 0.6) is 11.5 Å². The van der Waals surface area contributed by atoms with E-state index in [0.717, 1.165) is 5.56 Å². The number of nitrogens with one attached hydrogen (secondary N) is 2. The number of methoxy groups -OCH3 is 2. The van der Waals surface area contributed by atoms with Gasteiger partial charge in [-0.15, -0.1) is 0 Å². The molecule has 0 aliphatic rings. The van der Waals surface area contributed by atoms with Gasteiger partial charge < -0.3 is 14.8 Å². The first-order valence-electron chi connectivity index (χ1n) is 8.89. The summed E-state index contributed by atoms with van der Waals surface area (Å²) in [5, 5.41) is 2.66. The summed E-state index contributed by atoms with van der Waals surface area (Å²) in [6.07, 6.45) is 2.98. The molecule has 0 saturated heterocycles. The molecule has 0 atom stereocenters. The van der Waals surface area contributed by atoms with Crippen molar-refractivity contribution in [2.75, 3.05) is 19.5 Å². The minimum Gasteiger partial charge on any atom is -0.493 e. The number of carbonyl (C=O) groups is 1. The number of carbonyl (C=O) groups excluding carboxylic acids is 1. The number of hydrogen-bond acceptors (Lipinski definition) is 5. The molecule has 2 N–H and O–H groups in total. The van der Waals surface area contributed by atoms with Crippen LogP contribution in [0, 0.1) is 0 Å². The smallest absolute Gasteiger partial charge is 0.248 e. The third kappa shape index (κ3) is 6.62. The molecule has 8 heteroatoms. The third-order valence-corrected chi connectivity index (χ3v) is 5.44. The SMILES string of the molecule is COc1ccc(/C=C/C(=O)Nc2cccc(S(=O)(=O)NC(C)(C)C)c2)cc1OC. The summed E-state index contributed by atoms with van der Waals surface area (Å²) < 4.78 is 37.9. The Morgan fingerprint density at radius 2 is 1.69 bits per heavy atom. The molecule has 2 aromatic carbocycles. The first-order chi connectivity index (χ1) is 13.5. The fourth-order valence-corrected chi connectivity index (χ4v) is 3.98. The highest BCUT2D eigenvalue weighted by Crippen LogP contribution is 2.28. The lowest BCUT2D eigenvalue weighted by Crippen LogP contribution is -2.40. The number of hydrogen-bond donors (Lipinski definition) is 2. The molecule has 0 aliphatic carbocycles.